The van der Waals surface area contributed by atoms with Crippen molar-refractivity contribution in [2.24, 2.45) is 5.41 Å². The zero-order chi connectivity index (χ0) is 15.3. The molecule has 0 radical (unpaired) electrons. The summed E-state index contributed by atoms with van der Waals surface area (Å²) in [4.78, 5) is 9.89. The van der Waals surface area contributed by atoms with Crippen molar-refractivity contribution in [1.82, 2.24) is 9.62 Å². The Kier molecular flexibility index (Phi) is 3.23. The third-order valence-corrected chi connectivity index (χ3v) is 5.97. The van der Waals surface area contributed by atoms with Gasteiger partial charge in [-0.25, -0.2) is 12.8 Å². The van der Waals surface area contributed by atoms with Crippen LogP contribution in [0.25, 0.3) is 0 Å². The Morgan fingerprint density at radius 2 is 2.05 bits per heavy atom. The molecule has 1 atom stereocenters. The van der Waals surface area contributed by atoms with E-state index in [0.29, 0.717) is 6.54 Å². The fourth-order valence-corrected chi connectivity index (χ4v) is 4.67. The van der Waals surface area contributed by atoms with E-state index in [0.717, 1.165) is 10.4 Å². The molecular formula is C12H14FN3O4S. The molecule has 9 heteroatoms. The van der Waals surface area contributed by atoms with Crippen molar-refractivity contribution in [3.05, 3.63) is 34.4 Å². The predicted octanol–water partition coefficient (Wildman–Crippen LogP) is 0.527. The van der Waals surface area contributed by atoms with Gasteiger partial charge in [0.1, 0.15) is 6.17 Å². The standard InChI is InChI=1S/C12H14FN3O4S/c13-11-5-14-6-12(11)7-15(8-12)21(19,20)10-4-2-1-3-9(10)16(17)18/h1-4,11,14H,5-8H2. The molecule has 1 N–H and O–H groups in total. The van der Waals surface area contributed by atoms with E-state index in [1.165, 1.54) is 18.2 Å². The first-order chi connectivity index (χ1) is 9.87. The van der Waals surface area contributed by atoms with Gasteiger partial charge in [-0.2, -0.15) is 4.31 Å². The van der Waals surface area contributed by atoms with Gasteiger partial charge >= 0.3 is 0 Å². The lowest BCUT2D eigenvalue weighted by Crippen LogP contribution is -2.62. The lowest BCUT2D eigenvalue weighted by Gasteiger charge is -2.47. The molecule has 2 aliphatic rings. The minimum atomic E-state index is -3.97. The van der Waals surface area contributed by atoms with Gasteiger partial charge in [-0.05, 0) is 6.07 Å². The summed E-state index contributed by atoms with van der Waals surface area (Å²) in [6, 6.07) is 5.20. The molecule has 2 saturated heterocycles. The normalized spacial score (nSPS) is 24.9. The maximum Gasteiger partial charge on any atom is 0.289 e. The molecular weight excluding hydrogens is 301 g/mol. The highest BCUT2D eigenvalue weighted by atomic mass is 32.2. The van der Waals surface area contributed by atoms with Gasteiger partial charge in [0.05, 0.1) is 4.92 Å². The van der Waals surface area contributed by atoms with Crippen LogP contribution in [0.3, 0.4) is 0 Å². The summed E-state index contributed by atoms with van der Waals surface area (Å²) in [5.41, 5.74) is -1.14. The summed E-state index contributed by atoms with van der Waals surface area (Å²) in [6.45, 7) is 0.752. The smallest absolute Gasteiger partial charge is 0.289 e. The summed E-state index contributed by atoms with van der Waals surface area (Å²) in [5, 5.41) is 13.9. The number of hydrogen-bond acceptors (Lipinski definition) is 5. The Morgan fingerprint density at radius 3 is 2.62 bits per heavy atom. The molecule has 2 aliphatic heterocycles. The molecule has 2 heterocycles. The topological polar surface area (TPSA) is 92.5 Å². The van der Waals surface area contributed by atoms with Gasteiger partial charge in [0.25, 0.3) is 5.69 Å². The van der Waals surface area contributed by atoms with E-state index >= 15 is 0 Å². The summed E-state index contributed by atoms with van der Waals surface area (Å²) in [6.07, 6.45) is -1.09. The van der Waals surface area contributed by atoms with E-state index in [1.54, 1.807) is 0 Å². The molecule has 2 fully saturated rings. The van der Waals surface area contributed by atoms with Crippen molar-refractivity contribution in [3.63, 3.8) is 0 Å². The first-order valence-electron chi connectivity index (χ1n) is 6.45. The van der Waals surface area contributed by atoms with E-state index in [1.807, 2.05) is 0 Å². The molecule has 3 rings (SSSR count). The zero-order valence-corrected chi connectivity index (χ0v) is 11.8. The van der Waals surface area contributed by atoms with Gasteiger partial charge in [-0.15, -0.1) is 0 Å². The minimum Gasteiger partial charge on any atom is -0.313 e. The number of sulfonamides is 1. The van der Waals surface area contributed by atoms with Crippen LogP contribution in [0.1, 0.15) is 0 Å². The van der Waals surface area contributed by atoms with Crippen molar-refractivity contribution in [2.45, 2.75) is 11.1 Å². The van der Waals surface area contributed by atoms with Crippen LogP contribution in [-0.2, 0) is 10.0 Å². The summed E-state index contributed by atoms with van der Waals surface area (Å²) >= 11 is 0. The molecule has 0 aromatic heterocycles. The summed E-state index contributed by atoms with van der Waals surface area (Å²) < 4.78 is 39.8. The number of nitrogens with zero attached hydrogens (tertiary/aromatic N) is 2. The number of para-hydroxylation sites is 1. The highest BCUT2D eigenvalue weighted by Gasteiger charge is 2.56. The number of nitro benzene ring substituents is 1. The Balaban J connectivity index is 1.88. The molecule has 21 heavy (non-hydrogen) atoms. The van der Waals surface area contributed by atoms with E-state index in [2.05, 4.69) is 5.32 Å². The van der Waals surface area contributed by atoms with Gasteiger partial charge in [0.15, 0.2) is 4.90 Å². The Labute approximate surface area is 120 Å². The monoisotopic (exact) mass is 315 g/mol. The molecule has 0 saturated carbocycles. The molecule has 0 amide bonds. The molecule has 7 nitrogen and oxygen atoms in total. The van der Waals surface area contributed by atoms with Crippen LogP contribution in [0.15, 0.2) is 29.2 Å². The van der Waals surface area contributed by atoms with Crippen LogP contribution in [0.2, 0.25) is 0 Å². The lowest BCUT2D eigenvalue weighted by molar-refractivity contribution is -0.387. The van der Waals surface area contributed by atoms with Gasteiger partial charge in [-0.1, -0.05) is 12.1 Å². The second-order valence-corrected chi connectivity index (χ2v) is 7.37. The third kappa shape index (κ3) is 2.12. The van der Waals surface area contributed by atoms with E-state index in [4.69, 9.17) is 0 Å². The maximum atomic E-state index is 13.8. The largest absolute Gasteiger partial charge is 0.313 e. The Morgan fingerprint density at radius 1 is 1.38 bits per heavy atom. The van der Waals surface area contributed by atoms with Gasteiger partial charge in [0, 0.05) is 37.7 Å². The van der Waals surface area contributed by atoms with Crippen molar-refractivity contribution in [1.29, 1.82) is 0 Å². The molecule has 114 valence electrons. The zero-order valence-electron chi connectivity index (χ0n) is 11.0. The molecule has 0 bridgehead atoms. The Hall–Kier alpha value is -1.58. The molecule has 1 aromatic carbocycles. The number of hydrogen-bond donors (Lipinski definition) is 1. The average Bonchev–Trinajstić information content (AvgIpc) is 2.79. The summed E-state index contributed by atoms with van der Waals surface area (Å²) in [5.74, 6) is 0. The molecule has 1 unspecified atom stereocenters. The van der Waals surface area contributed by atoms with Crippen LogP contribution >= 0.6 is 0 Å². The van der Waals surface area contributed by atoms with Crippen LogP contribution in [0.5, 0.6) is 0 Å². The second-order valence-electron chi connectivity index (χ2n) is 5.46. The van der Waals surface area contributed by atoms with Crippen molar-refractivity contribution in [2.75, 3.05) is 26.2 Å². The number of rotatable bonds is 3. The second kappa shape index (κ2) is 4.72. The van der Waals surface area contributed by atoms with E-state index in [-0.39, 0.29) is 24.5 Å². The number of halogens is 1. The third-order valence-electron chi connectivity index (χ3n) is 4.13. The minimum absolute atomic E-state index is 0.0511. The fourth-order valence-electron chi connectivity index (χ4n) is 2.88. The number of alkyl halides is 1. The summed E-state index contributed by atoms with van der Waals surface area (Å²) in [7, 11) is -3.97. The SMILES string of the molecule is O=[N+]([O-])c1ccccc1S(=O)(=O)N1CC2(CNCC2F)C1. The van der Waals surface area contributed by atoms with E-state index < -0.39 is 32.2 Å². The van der Waals surface area contributed by atoms with Crippen molar-refractivity contribution < 1.29 is 17.7 Å². The molecule has 1 spiro atoms. The fraction of sp³-hybridized carbons (Fsp3) is 0.500. The number of nitro groups is 1. The first kappa shape index (κ1) is 14.4. The van der Waals surface area contributed by atoms with Gasteiger partial charge in [-0.3, -0.25) is 10.1 Å². The van der Waals surface area contributed by atoms with Crippen LogP contribution in [0, 0.1) is 15.5 Å². The van der Waals surface area contributed by atoms with Crippen molar-refractivity contribution >= 4 is 15.7 Å². The van der Waals surface area contributed by atoms with Gasteiger partial charge in [0.2, 0.25) is 10.0 Å². The maximum absolute atomic E-state index is 13.8. The lowest BCUT2D eigenvalue weighted by atomic mass is 9.80. The first-order valence-corrected chi connectivity index (χ1v) is 7.89. The molecule has 1 aromatic rings. The van der Waals surface area contributed by atoms with Crippen LogP contribution < -0.4 is 5.32 Å². The average molecular weight is 315 g/mol. The molecule has 0 aliphatic carbocycles. The van der Waals surface area contributed by atoms with Gasteiger partial charge < -0.3 is 5.32 Å². The van der Waals surface area contributed by atoms with E-state index in [9.17, 15) is 22.9 Å². The van der Waals surface area contributed by atoms with Crippen LogP contribution in [-0.4, -0.2) is 50.0 Å². The number of nitrogens with one attached hydrogen (secondary N) is 1. The van der Waals surface area contributed by atoms with Crippen molar-refractivity contribution in [3.8, 4) is 0 Å². The highest BCUT2D eigenvalue weighted by molar-refractivity contribution is 7.89. The Bertz CT molecular complexity index is 687. The highest BCUT2D eigenvalue weighted by Crippen LogP contribution is 2.42. The quantitative estimate of drug-likeness (QED) is 0.649. The predicted molar refractivity (Wildman–Crippen MR) is 72.1 cm³/mol. The number of benzene rings is 1. The van der Waals surface area contributed by atoms with Crippen LogP contribution in [0.4, 0.5) is 10.1 Å².